The van der Waals surface area contributed by atoms with Crippen molar-refractivity contribution in [2.45, 2.75) is 45.6 Å². The van der Waals surface area contributed by atoms with E-state index in [1.165, 1.54) is 16.7 Å². The van der Waals surface area contributed by atoms with Gasteiger partial charge in [-0.25, -0.2) is 9.82 Å². The van der Waals surface area contributed by atoms with Crippen LogP contribution in [0.4, 0.5) is 4.39 Å². The number of halogens is 1. The molecule has 162 valence electrons. The van der Waals surface area contributed by atoms with Crippen LogP contribution in [0.25, 0.3) is 10.9 Å². The summed E-state index contributed by atoms with van der Waals surface area (Å²) < 4.78 is 15.2. The molecule has 2 aromatic carbocycles. The van der Waals surface area contributed by atoms with Gasteiger partial charge in [0.05, 0.1) is 11.7 Å². The van der Waals surface area contributed by atoms with Crippen molar-refractivity contribution in [3.8, 4) is 5.75 Å². The number of aromatic nitrogens is 1. The number of unbranched alkanes of at least 4 members (excludes halogenated alkanes) is 4. The first kappa shape index (κ1) is 22.2. The first-order chi connectivity index (χ1) is 15.0. The average Bonchev–Trinajstić information content (AvgIpc) is 2.77. The molecule has 0 radical (unpaired) electrons. The molecule has 7 heteroatoms. The molecule has 0 unspecified atom stereocenters. The number of hydrogen-bond acceptors (Lipinski definition) is 4. The van der Waals surface area contributed by atoms with Crippen LogP contribution in [0.1, 0.15) is 54.9 Å². The molecule has 31 heavy (non-hydrogen) atoms. The Morgan fingerprint density at radius 3 is 2.58 bits per heavy atom. The van der Waals surface area contributed by atoms with Gasteiger partial charge in [0.25, 0.3) is 11.5 Å². The predicted octanol–water partition coefficient (Wildman–Crippen LogP) is 4.58. The zero-order chi connectivity index (χ0) is 22.2. The van der Waals surface area contributed by atoms with Crippen LogP contribution in [0.15, 0.2) is 58.4 Å². The quantitative estimate of drug-likeness (QED) is 0.300. The molecular formula is C24H26FN3O3. The molecular weight excluding hydrogens is 397 g/mol. The molecule has 3 rings (SSSR count). The van der Waals surface area contributed by atoms with Gasteiger partial charge < -0.3 is 9.67 Å². The second-order valence-corrected chi connectivity index (χ2v) is 7.33. The van der Waals surface area contributed by atoms with Gasteiger partial charge in [-0.3, -0.25) is 9.59 Å². The van der Waals surface area contributed by atoms with Gasteiger partial charge >= 0.3 is 0 Å². The monoisotopic (exact) mass is 423 g/mol. The van der Waals surface area contributed by atoms with Gasteiger partial charge in [0, 0.05) is 17.5 Å². The Hall–Kier alpha value is -3.48. The highest BCUT2D eigenvalue weighted by atomic mass is 19.1. The van der Waals surface area contributed by atoms with Gasteiger partial charge in [-0.15, -0.1) is 0 Å². The van der Waals surface area contributed by atoms with Crippen molar-refractivity contribution in [2.24, 2.45) is 5.10 Å². The van der Waals surface area contributed by atoms with Crippen molar-refractivity contribution in [3.63, 3.8) is 0 Å². The number of carbonyl (C=O) groups excluding carboxylic acids is 1. The molecule has 1 heterocycles. The number of carbonyl (C=O) groups is 1. The standard InChI is InChI=1S/C24H26FN3O3/c1-2-3-4-5-10-15-28-20-14-9-7-12-18(20)22(29)21(24(28)31)23(30)27-26-16-17-11-6-8-13-19(17)25/h6-9,11-14,16,29H,2-5,10,15H2,1H3,(H,27,30)/b26-16+. The van der Waals surface area contributed by atoms with Crippen molar-refractivity contribution >= 4 is 23.0 Å². The Kier molecular flexibility index (Phi) is 7.54. The number of fused-ring (bicyclic) bond motifs is 1. The third-order valence-corrected chi connectivity index (χ3v) is 5.13. The second kappa shape index (κ2) is 10.5. The zero-order valence-corrected chi connectivity index (χ0v) is 17.5. The molecule has 0 atom stereocenters. The van der Waals surface area contributed by atoms with Crippen molar-refractivity contribution in [2.75, 3.05) is 0 Å². The van der Waals surface area contributed by atoms with Gasteiger partial charge in [-0.05, 0) is 24.6 Å². The molecule has 0 aliphatic carbocycles. The minimum atomic E-state index is -0.847. The molecule has 0 saturated carbocycles. The van der Waals surface area contributed by atoms with Crippen LogP contribution >= 0.6 is 0 Å². The van der Waals surface area contributed by atoms with E-state index in [4.69, 9.17) is 0 Å². The summed E-state index contributed by atoms with van der Waals surface area (Å²) in [6.07, 6.45) is 6.26. The van der Waals surface area contributed by atoms with E-state index >= 15 is 0 Å². The van der Waals surface area contributed by atoms with Gasteiger partial charge in [0.2, 0.25) is 0 Å². The SMILES string of the molecule is CCCCCCCn1c(=O)c(C(=O)N/N=C/c2ccccc2F)c(O)c2ccccc21. The third-order valence-electron chi connectivity index (χ3n) is 5.13. The Balaban J connectivity index is 1.89. The van der Waals surface area contributed by atoms with Crippen molar-refractivity contribution in [1.82, 2.24) is 9.99 Å². The van der Waals surface area contributed by atoms with Crippen LogP contribution in [-0.4, -0.2) is 21.8 Å². The van der Waals surface area contributed by atoms with Crippen molar-refractivity contribution < 1.29 is 14.3 Å². The lowest BCUT2D eigenvalue weighted by Gasteiger charge is -2.14. The summed E-state index contributed by atoms with van der Waals surface area (Å²) in [7, 11) is 0. The highest BCUT2D eigenvalue weighted by molar-refractivity contribution is 6.02. The number of para-hydroxylation sites is 1. The highest BCUT2D eigenvalue weighted by Gasteiger charge is 2.21. The third kappa shape index (κ3) is 5.17. The molecule has 0 aliphatic heterocycles. The van der Waals surface area contributed by atoms with E-state index in [9.17, 15) is 19.1 Å². The molecule has 1 amide bonds. The van der Waals surface area contributed by atoms with Gasteiger partial charge in [-0.2, -0.15) is 5.10 Å². The van der Waals surface area contributed by atoms with Gasteiger partial charge in [-0.1, -0.05) is 62.9 Å². The molecule has 0 aliphatic rings. The second-order valence-electron chi connectivity index (χ2n) is 7.33. The van der Waals surface area contributed by atoms with E-state index in [1.54, 1.807) is 36.4 Å². The summed E-state index contributed by atoms with van der Waals surface area (Å²) in [6.45, 7) is 2.58. The zero-order valence-electron chi connectivity index (χ0n) is 17.5. The Morgan fingerprint density at radius 1 is 1.10 bits per heavy atom. The number of aryl methyl sites for hydroxylation is 1. The van der Waals surface area contributed by atoms with Crippen LogP contribution < -0.4 is 11.0 Å². The Morgan fingerprint density at radius 2 is 1.81 bits per heavy atom. The molecule has 2 N–H and O–H groups in total. The average molecular weight is 423 g/mol. The molecule has 0 fully saturated rings. The fraction of sp³-hybridized carbons (Fsp3) is 0.292. The van der Waals surface area contributed by atoms with Crippen molar-refractivity contribution in [1.29, 1.82) is 0 Å². The number of nitrogens with one attached hydrogen (secondary N) is 1. The number of pyridine rings is 1. The Labute approximate surface area is 180 Å². The summed E-state index contributed by atoms with van der Waals surface area (Å²) in [4.78, 5) is 25.8. The molecule has 0 bridgehead atoms. The fourth-order valence-electron chi connectivity index (χ4n) is 3.49. The maximum absolute atomic E-state index is 13.7. The smallest absolute Gasteiger partial charge is 0.280 e. The summed E-state index contributed by atoms with van der Waals surface area (Å²) in [5.41, 5.74) is 2.03. The number of nitrogens with zero attached hydrogens (tertiary/aromatic N) is 2. The van der Waals surface area contributed by atoms with Crippen LogP contribution in [-0.2, 0) is 6.54 Å². The first-order valence-electron chi connectivity index (χ1n) is 10.5. The summed E-state index contributed by atoms with van der Waals surface area (Å²) in [5, 5.41) is 14.8. The minimum Gasteiger partial charge on any atom is -0.506 e. The molecule has 0 saturated heterocycles. The van der Waals surface area contributed by atoms with E-state index in [1.807, 2.05) is 0 Å². The lowest BCUT2D eigenvalue weighted by Crippen LogP contribution is -2.31. The number of amides is 1. The number of hydrogen-bond donors (Lipinski definition) is 2. The van der Waals surface area contributed by atoms with Crippen LogP contribution in [0.5, 0.6) is 5.75 Å². The molecule has 3 aromatic rings. The Bertz CT molecular complexity index is 1150. The van der Waals surface area contributed by atoms with Crippen LogP contribution in [0, 0.1) is 5.82 Å². The van der Waals surface area contributed by atoms with Crippen LogP contribution in [0.2, 0.25) is 0 Å². The largest absolute Gasteiger partial charge is 0.506 e. The molecule has 6 nitrogen and oxygen atoms in total. The lowest BCUT2D eigenvalue weighted by molar-refractivity contribution is 0.0950. The van der Waals surface area contributed by atoms with E-state index in [0.29, 0.717) is 17.4 Å². The fourth-order valence-corrected chi connectivity index (χ4v) is 3.49. The van der Waals surface area contributed by atoms with E-state index < -0.39 is 17.3 Å². The molecule has 0 spiro atoms. The summed E-state index contributed by atoms with van der Waals surface area (Å²) >= 11 is 0. The van der Waals surface area contributed by atoms with Crippen molar-refractivity contribution in [3.05, 3.63) is 75.8 Å². The topological polar surface area (TPSA) is 83.7 Å². The first-order valence-corrected chi connectivity index (χ1v) is 10.5. The van der Waals surface area contributed by atoms with E-state index in [2.05, 4.69) is 17.5 Å². The maximum atomic E-state index is 13.7. The predicted molar refractivity (Wildman–Crippen MR) is 120 cm³/mol. The van der Waals surface area contributed by atoms with Crippen LogP contribution in [0.3, 0.4) is 0 Å². The highest BCUT2D eigenvalue weighted by Crippen LogP contribution is 2.26. The maximum Gasteiger partial charge on any atom is 0.280 e. The minimum absolute atomic E-state index is 0.190. The number of rotatable bonds is 9. The number of hydrazone groups is 1. The normalized spacial score (nSPS) is 11.3. The summed E-state index contributed by atoms with van der Waals surface area (Å²) in [5.74, 6) is -1.72. The molecule has 1 aromatic heterocycles. The summed E-state index contributed by atoms with van der Waals surface area (Å²) in [6, 6.07) is 12.9. The van der Waals surface area contributed by atoms with Gasteiger partial charge in [0.15, 0.2) is 0 Å². The van der Waals surface area contributed by atoms with Gasteiger partial charge in [0.1, 0.15) is 17.1 Å². The van der Waals surface area contributed by atoms with E-state index in [-0.39, 0.29) is 16.9 Å². The lowest BCUT2D eigenvalue weighted by atomic mass is 10.1. The van der Waals surface area contributed by atoms with E-state index in [0.717, 1.165) is 38.3 Å². The number of benzene rings is 2. The number of aromatic hydroxyl groups is 1.